The second kappa shape index (κ2) is 2.87. The van der Waals surface area contributed by atoms with Crippen molar-refractivity contribution in [2.45, 2.75) is 13.3 Å². The summed E-state index contributed by atoms with van der Waals surface area (Å²) in [5.74, 6) is 0.593. The molecule has 70 valence electrons. The average Bonchev–Trinajstić information content (AvgIpc) is 2.49. The van der Waals surface area contributed by atoms with Gasteiger partial charge in [0.2, 0.25) is 6.79 Å². The number of alkyl halides is 2. The molecule has 0 saturated heterocycles. The van der Waals surface area contributed by atoms with Crippen LogP contribution in [0.25, 0.3) is 0 Å². The minimum Gasteiger partial charge on any atom is -0.454 e. The maximum Gasteiger partial charge on any atom is 0.267 e. The van der Waals surface area contributed by atoms with Crippen molar-refractivity contribution >= 4 is 0 Å². The summed E-state index contributed by atoms with van der Waals surface area (Å²) in [5, 5.41) is 0. The monoisotopic (exact) mass is 186 g/mol. The lowest BCUT2D eigenvalue weighted by Crippen LogP contribution is -1.94. The molecule has 0 unspecified atom stereocenters. The van der Waals surface area contributed by atoms with Crippen LogP contribution >= 0.6 is 0 Å². The molecular formula is C9H8F2O2. The molecule has 0 aromatic heterocycles. The van der Waals surface area contributed by atoms with Gasteiger partial charge in [0.15, 0.2) is 11.5 Å². The second-order valence-corrected chi connectivity index (χ2v) is 2.89. The molecule has 2 rings (SSSR count). The van der Waals surface area contributed by atoms with Gasteiger partial charge in [-0.3, -0.25) is 0 Å². The number of hydrogen-bond acceptors (Lipinski definition) is 2. The van der Waals surface area contributed by atoms with Crippen molar-refractivity contribution < 1.29 is 18.3 Å². The molecule has 1 aromatic carbocycles. The van der Waals surface area contributed by atoms with Crippen LogP contribution in [-0.4, -0.2) is 6.79 Å². The third-order valence-electron chi connectivity index (χ3n) is 1.88. The summed E-state index contributed by atoms with van der Waals surface area (Å²) >= 11 is 0. The molecule has 0 amide bonds. The van der Waals surface area contributed by atoms with Gasteiger partial charge >= 0.3 is 0 Å². The van der Waals surface area contributed by atoms with Crippen molar-refractivity contribution in [3.63, 3.8) is 0 Å². The van der Waals surface area contributed by atoms with Gasteiger partial charge in [0.25, 0.3) is 6.43 Å². The van der Waals surface area contributed by atoms with Gasteiger partial charge < -0.3 is 9.47 Å². The molecule has 0 spiro atoms. The zero-order valence-electron chi connectivity index (χ0n) is 7.01. The third-order valence-corrected chi connectivity index (χ3v) is 1.88. The lowest BCUT2D eigenvalue weighted by Gasteiger charge is -2.05. The maximum atomic E-state index is 12.5. The third kappa shape index (κ3) is 1.32. The van der Waals surface area contributed by atoms with Gasteiger partial charge in [-0.15, -0.1) is 0 Å². The molecule has 0 aliphatic carbocycles. The Morgan fingerprint density at radius 2 is 2.08 bits per heavy atom. The van der Waals surface area contributed by atoms with Crippen molar-refractivity contribution in [3.05, 3.63) is 23.3 Å². The fourth-order valence-corrected chi connectivity index (χ4v) is 1.34. The highest BCUT2D eigenvalue weighted by atomic mass is 19.3. The molecule has 0 atom stereocenters. The summed E-state index contributed by atoms with van der Waals surface area (Å²) in [5.41, 5.74) is 0.659. The van der Waals surface area contributed by atoms with E-state index in [0.29, 0.717) is 5.75 Å². The van der Waals surface area contributed by atoms with E-state index in [2.05, 4.69) is 0 Å². The molecule has 1 heterocycles. The first kappa shape index (κ1) is 8.29. The predicted molar refractivity (Wildman–Crippen MR) is 42.3 cm³/mol. The first-order valence-electron chi connectivity index (χ1n) is 3.87. The Labute approximate surface area is 74.1 Å². The molecular weight excluding hydrogens is 178 g/mol. The Bertz CT molecular complexity index is 337. The Balaban J connectivity index is 2.55. The summed E-state index contributed by atoms with van der Waals surface area (Å²) in [6.07, 6.45) is -2.52. The number of ether oxygens (including phenoxy) is 2. The van der Waals surface area contributed by atoms with Gasteiger partial charge in [-0.2, -0.15) is 0 Å². The Morgan fingerprint density at radius 3 is 2.77 bits per heavy atom. The van der Waals surface area contributed by atoms with Gasteiger partial charge in [0.05, 0.1) is 5.56 Å². The standard InChI is InChI=1S/C9H8F2O2/c1-5-2-6(9(10)11)8-7(3-5)12-4-13-8/h2-3,9H,4H2,1H3. The lowest BCUT2D eigenvalue weighted by atomic mass is 10.1. The highest BCUT2D eigenvalue weighted by Crippen LogP contribution is 2.41. The largest absolute Gasteiger partial charge is 0.454 e. The molecule has 4 heteroatoms. The number of benzene rings is 1. The summed E-state index contributed by atoms with van der Waals surface area (Å²) < 4.78 is 34.9. The number of rotatable bonds is 1. The summed E-state index contributed by atoms with van der Waals surface area (Å²) in [6, 6.07) is 3.10. The topological polar surface area (TPSA) is 18.5 Å². The van der Waals surface area contributed by atoms with Crippen molar-refractivity contribution in [2.75, 3.05) is 6.79 Å². The molecule has 0 N–H and O–H groups in total. The number of halogens is 2. The minimum atomic E-state index is -2.52. The molecule has 0 radical (unpaired) electrons. The normalized spacial score (nSPS) is 13.8. The van der Waals surface area contributed by atoms with Gasteiger partial charge in [-0.25, -0.2) is 8.78 Å². The van der Waals surface area contributed by atoms with Crippen LogP contribution in [-0.2, 0) is 0 Å². The zero-order chi connectivity index (χ0) is 9.42. The van der Waals surface area contributed by atoms with E-state index in [0.717, 1.165) is 5.56 Å². The lowest BCUT2D eigenvalue weighted by molar-refractivity contribution is 0.139. The predicted octanol–water partition coefficient (Wildman–Crippen LogP) is 2.66. The van der Waals surface area contributed by atoms with Crippen LogP contribution in [0.2, 0.25) is 0 Å². The molecule has 0 bridgehead atoms. The average molecular weight is 186 g/mol. The van der Waals surface area contributed by atoms with Crippen LogP contribution < -0.4 is 9.47 Å². The van der Waals surface area contributed by atoms with Gasteiger partial charge in [-0.1, -0.05) is 0 Å². The molecule has 0 fully saturated rings. The maximum absolute atomic E-state index is 12.5. The van der Waals surface area contributed by atoms with Gasteiger partial charge in [0.1, 0.15) is 0 Å². The molecule has 0 saturated carbocycles. The number of fused-ring (bicyclic) bond motifs is 1. The van der Waals surface area contributed by atoms with E-state index in [9.17, 15) is 8.78 Å². The highest BCUT2D eigenvalue weighted by Gasteiger charge is 2.23. The highest BCUT2D eigenvalue weighted by molar-refractivity contribution is 5.51. The van der Waals surface area contributed by atoms with E-state index in [1.807, 2.05) is 0 Å². The molecule has 1 aliphatic heterocycles. The summed E-state index contributed by atoms with van der Waals surface area (Å²) in [4.78, 5) is 0. The Kier molecular flexibility index (Phi) is 1.83. The fourth-order valence-electron chi connectivity index (χ4n) is 1.34. The summed E-state index contributed by atoms with van der Waals surface area (Å²) in [7, 11) is 0. The van der Waals surface area contributed by atoms with E-state index < -0.39 is 6.43 Å². The van der Waals surface area contributed by atoms with E-state index in [-0.39, 0.29) is 18.1 Å². The minimum absolute atomic E-state index is 0.0263. The molecule has 13 heavy (non-hydrogen) atoms. The van der Waals surface area contributed by atoms with Crippen molar-refractivity contribution in [1.29, 1.82) is 0 Å². The summed E-state index contributed by atoms with van der Waals surface area (Å²) in [6.45, 7) is 1.77. The number of hydrogen-bond donors (Lipinski definition) is 0. The first-order chi connectivity index (χ1) is 6.18. The smallest absolute Gasteiger partial charge is 0.267 e. The van der Waals surface area contributed by atoms with E-state index in [1.54, 1.807) is 13.0 Å². The zero-order valence-corrected chi connectivity index (χ0v) is 7.01. The van der Waals surface area contributed by atoms with E-state index >= 15 is 0 Å². The second-order valence-electron chi connectivity index (χ2n) is 2.89. The van der Waals surface area contributed by atoms with E-state index in [1.165, 1.54) is 6.07 Å². The van der Waals surface area contributed by atoms with E-state index in [4.69, 9.17) is 9.47 Å². The molecule has 1 aliphatic rings. The van der Waals surface area contributed by atoms with Crippen LogP contribution in [0.4, 0.5) is 8.78 Å². The van der Waals surface area contributed by atoms with Crippen LogP contribution in [0, 0.1) is 6.92 Å². The van der Waals surface area contributed by atoms with Crippen LogP contribution in [0.15, 0.2) is 12.1 Å². The molecule has 1 aromatic rings. The fraction of sp³-hybridized carbons (Fsp3) is 0.333. The van der Waals surface area contributed by atoms with Crippen molar-refractivity contribution in [3.8, 4) is 11.5 Å². The first-order valence-corrected chi connectivity index (χ1v) is 3.87. The van der Waals surface area contributed by atoms with Gasteiger partial charge in [-0.05, 0) is 24.6 Å². The Morgan fingerprint density at radius 1 is 1.31 bits per heavy atom. The van der Waals surface area contributed by atoms with Crippen LogP contribution in [0.1, 0.15) is 17.6 Å². The van der Waals surface area contributed by atoms with Crippen LogP contribution in [0.5, 0.6) is 11.5 Å². The SMILES string of the molecule is Cc1cc2c(c(C(F)F)c1)OCO2. The molecule has 2 nitrogen and oxygen atoms in total. The van der Waals surface area contributed by atoms with Gasteiger partial charge in [0, 0.05) is 0 Å². The van der Waals surface area contributed by atoms with Crippen molar-refractivity contribution in [1.82, 2.24) is 0 Å². The Hall–Kier alpha value is -1.32. The number of aryl methyl sites for hydroxylation is 1. The van der Waals surface area contributed by atoms with Crippen molar-refractivity contribution in [2.24, 2.45) is 0 Å². The quantitative estimate of drug-likeness (QED) is 0.671. The van der Waals surface area contributed by atoms with Crippen LogP contribution in [0.3, 0.4) is 0 Å².